The maximum atomic E-state index is 12.2. The van der Waals surface area contributed by atoms with Crippen molar-refractivity contribution in [2.75, 3.05) is 0 Å². The molecule has 0 atom stereocenters. The third kappa shape index (κ3) is 3.58. The fourth-order valence-electron chi connectivity index (χ4n) is 2.37. The number of carbonyl (C=O) groups excluding carboxylic acids is 1. The second-order valence-corrected chi connectivity index (χ2v) is 5.12. The molecule has 2 aromatic rings. The Morgan fingerprint density at radius 2 is 1.81 bits per heavy atom. The third-order valence-electron chi connectivity index (χ3n) is 3.26. The Bertz CT molecular complexity index is 665. The van der Waals surface area contributed by atoms with Gasteiger partial charge in [-0.1, -0.05) is 24.3 Å². The number of rotatable bonds is 2. The van der Waals surface area contributed by atoms with Crippen LogP contribution in [-0.4, -0.2) is 63.5 Å². The van der Waals surface area contributed by atoms with Gasteiger partial charge in [0.05, 0.1) is 11.7 Å². The van der Waals surface area contributed by atoms with Gasteiger partial charge in [0.15, 0.2) is 0 Å². The summed E-state index contributed by atoms with van der Waals surface area (Å²) in [7, 11) is 0. The Balaban J connectivity index is 0.00000161. The molecule has 0 fully saturated rings. The third-order valence-corrected chi connectivity index (χ3v) is 3.26. The average Bonchev–Trinajstić information content (AvgIpc) is 2.43. The maximum Gasteiger partial charge on any atom is 0.338 e. The number of ether oxygens (including phenoxy) is 2. The maximum absolute atomic E-state index is 12.2. The standard InChI is InChI=1S/C17H16O3.K/c1-11(2)19-17(18)13-7-5-9-16-14(13)10-12-6-3-4-8-15(12)20-16;/h3-9,11H,10H2,1-2H3;. The first kappa shape index (κ1) is 16.7. The van der Waals surface area contributed by atoms with Crippen LogP contribution in [0.25, 0.3) is 0 Å². The van der Waals surface area contributed by atoms with Crippen LogP contribution in [0.1, 0.15) is 35.3 Å². The van der Waals surface area contributed by atoms with Gasteiger partial charge in [-0.3, -0.25) is 0 Å². The fraction of sp³-hybridized carbons (Fsp3) is 0.235. The molecule has 1 aliphatic rings. The minimum Gasteiger partial charge on any atom is -0.459 e. The van der Waals surface area contributed by atoms with Crippen LogP contribution in [0.5, 0.6) is 11.5 Å². The Morgan fingerprint density at radius 3 is 2.57 bits per heavy atom. The minimum absolute atomic E-state index is 0. The van der Waals surface area contributed by atoms with Crippen LogP contribution in [-0.2, 0) is 11.2 Å². The first-order valence-corrected chi connectivity index (χ1v) is 6.74. The summed E-state index contributed by atoms with van der Waals surface area (Å²) in [4.78, 5) is 12.2. The van der Waals surface area contributed by atoms with Gasteiger partial charge in [0.25, 0.3) is 0 Å². The molecule has 0 spiro atoms. The molecule has 0 aromatic heterocycles. The zero-order chi connectivity index (χ0) is 14.1. The number of esters is 1. The van der Waals surface area contributed by atoms with Crippen LogP contribution in [0.15, 0.2) is 42.5 Å². The van der Waals surface area contributed by atoms with Gasteiger partial charge < -0.3 is 9.47 Å². The first-order valence-electron chi connectivity index (χ1n) is 6.74. The molecule has 4 heteroatoms. The van der Waals surface area contributed by atoms with Crippen LogP contribution in [0.2, 0.25) is 0 Å². The molecular weight excluding hydrogens is 291 g/mol. The second-order valence-electron chi connectivity index (χ2n) is 5.12. The molecule has 103 valence electrons. The predicted molar refractivity (Wildman–Crippen MR) is 82.1 cm³/mol. The van der Waals surface area contributed by atoms with E-state index in [1.54, 1.807) is 6.07 Å². The van der Waals surface area contributed by atoms with Gasteiger partial charge in [-0.05, 0) is 37.6 Å². The van der Waals surface area contributed by atoms with Gasteiger partial charge in [-0.2, -0.15) is 0 Å². The molecule has 0 amide bonds. The van der Waals surface area contributed by atoms with Crippen molar-refractivity contribution in [1.29, 1.82) is 0 Å². The van der Waals surface area contributed by atoms with Crippen molar-refractivity contribution in [3.05, 3.63) is 59.2 Å². The predicted octanol–water partition coefficient (Wildman–Crippen LogP) is 3.57. The van der Waals surface area contributed by atoms with E-state index in [-0.39, 0.29) is 63.5 Å². The van der Waals surface area contributed by atoms with Gasteiger partial charge in [-0.15, -0.1) is 0 Å². The Hall–Kier alpha value is -0.654. The number of para-hydroxylation sites is 1. The van der Waals surface area contributed by atoms with E-state index in [2.05, 4.69) is 0 Å². The van der Waals surface area contributed by atoms with Crippen molar-refractivity contribution < 1.29 is 14.3 Å². The van der Waals surface area contributed by atoms with Crippen LogP contribution >= 0.6 is 0 Å². The number of hydrogen-bond donors (Lipinski definition) is 0. The molecule has 0 aliphatic carbocycles. The van der Waals surface area contributed by atoms with Crippen LogP contribution < -0.4 is 4.74 Å². The summed E-state index contributed by atoms with van der Waals surface area (Å²) in [5.41, 5.74) is 2.58. The van der Waals surface area contributed by atoms with E-state index in [0.717, 1.165) is 22.6 Å². The van der Waals surface area contributed by atoms with Gasteiger partial charge >= 0.3 is 5.97 Å². The molecule has 21 heavy (non-hydrogen) atoms. The van der Waals surface area contributed by atoms with E-state index >= 15 is 0 Å². The van der Waals surface area contributed by atoms with E-state index in [1.807, 2.05) is 50.2 Å². The van der Waals surface area contributed by atoms with Crippen LogP contribution in [0.4, 0.5) is 0 Å². The van der Waals surface area contributed by atoms with E-state index in [4.69, 9.17) is 9.47 Å². The zero-order valence-electron chi connectivity index (χ0n) is 12.6. The quantitative estimate of drug-likeness (QED) is 0.536. The molecule has 0 saturated heterocycles. The topological polar surface area (TPSA) is 35.5 Å². The summed E-state index contributed by atoms with van der Waals surface area (Å²) in [6, 6.07) is 13.4. The minimum atomic E-state index is -0.292. The molecule has 3 rings (SSSR count). The van der Waals surface area contributed by atoms with Crippen molar-refractivity contribution in [3.8, 4) is 11.5 Å². The summed E-state index contributed by atoms with van der Waals surface area (Å²) in [6.07, 6.45) is 0.560. The van der Waals surface area contributed by atoms with Crippen molar-refractivity contribution in [3.63, 3.8) is 0 Å². The van der Waals surface area contributed by atoms with Crippen molar-refractivity contribution >= 4 is 57.4 Å². The zero-order valence-corrected chi connectivity index (χ0v) is 15.7. The van der Waals surface area contributed by atoms with Crippen molar-refractivity contribution in [1.82, 2.24) is 0 Å². The molecule has 1 radical (unpaired) electrons. The molecular formula is C17H16KO3. The van der Waals surface area contributed by atoms with Crippen molar-refractivity contribution in [2.24, 2.45) is 0 Å². The van der Waals surface area contributed by atoms with E-state index in [9.17, 15) is 4.79 Å². The van der Waals surface area contributed by atoms with Gasteiger partial charge in [-0.25, -0.2) is 4.79 Å². The molecule has 0 N–H and O–H groups in total. The summed E-state index contributed by atoms with van der Waals surface area (Å²) in [5.74, 6) is 1.30. The number of fused-ring (bicyclic) bond motifs is 2. The molecule has 0 saturated carbocycles. The fourth-order valence-corrected chi connectivity index (χ4v) is 2.37. The first-order chi connectivity index (χ1) is 9.65. The smallest absolute Gasteiger partial charge is 0.338 e. The van der Waals surface area contributed by atoms with Crippen molar-refractivity contribution in [2.45, 2.75) is 26.4 Å². The Kier molecular flexibility index (Phi) is 5.63. The Labute approximate surface area is 167 Å². The van der Waals surface area contributed by atoms with Gasteiger partial charge in [0.2, 0.25) is 0 Å². The average molecular weight is 307 g/mol. The Morgan fingerprint density at radius 1 is 1.10 bits per heavy atom. The number of benzene rings is 2. The normalized spacial score (nSPS) is 11.8. The molecule has 1 aliphatic heterocycles. The van der Waals surface area contributed by atoms with Gasteiger partial charge in [0, 0.05) is 63.4 Å². The summed E-state index contributed by atoms with van der Waals surface area (Å²) in [5, 5.41) is 0. The molecule has 3 nitrogen and oxygen atoms in total. The summed E-state index contributed by atoms with van der Waals surface area (Å²) >= 11 is 0. The van der Waals surface area contributed by atoms with Crippen LogP contribution in [0.3, 0.4) is 0 Å². The van der Waals surface area contributed by atoms with Crippen LogP contribution in [0, 0.1) is 0 Å². The molecule has 1 heterocycles. The molecule has 2 aromatic carbocycles. The molecule has 0 bridgehead atoms. The summed E-state index contributed by atoms with van der Waals surface area (Å²) in [6.45, 7) is 3.69. The largest absolute Gasteiger partial charge is 0.459 e. The summed E-state index contributed by atoms with van der Waals surface area (Å²) < 4.78 is 11.2. The van der Waals surface area contributed by atoms with E-state index < -0.39 is 0 Å². The number of hydrogen-bond acceptors (Lipinski definition) is 3. The number of carbonyl (C=O) groups is 1. The van der Waals surface area contributed by atoms with Gasteiger partial charge in [0.1, 0.15) is 11.5 Å². The van der Waals surface area contributed by atoms with E-state index in [1.165, 1.54) is 0 Å². The SMILES string of the molecule is CC(C)OC(=O)c1cccc2c1Cc1ccccc1O2.[K]. The molecule has 0 unspecified atom stereocenters. The monoisotopic (exact) mass is 307 g/mol. The second kappa shape index (κ2) is 7.07. The van der Waals surface area contributed by atoms with E-state index in [0.29, 0.717) is 12.0 Å².